The van der Waals surface area contributed by atoms with Crippen LogP contribution in [0.2, 0.25) is 23.3 Å². The summed E-state index contributed by atoms with van der Waals surface area (Å²) in [7, 11) is 6.47. The van der Waals surface area contributed by atoms with E-state index in [2.05, 4.69) is 10.3 Å². The molecule has 1 aromatic rings. The van der Waals surface area contributed by atoms with Crippen molar-refractivity contribution in [2.24, 2.45) is 21.7 Å². The molecule has 1 fully saturated rings. The third-order valence-corrected chi connectivity index (χ3v) is 17.7. The Hall–Kier alpha value is -3.56. The lowest BCUT2D eigenvalue weighted by Crippen LogP contribution is -2.59. The number of aliphatic carboxylic acids is 1. The highest BCUT2D eigenvalue weighted by molar-refractivity contribution is 8.76. The minimum atomic E-state index is -1.61. The first-order valence-corrected chi connectivity index (χ1v) is 31.0. The Labute approximate surface area is 495 Å². The molecule has 0 saturated carbocycles. The Bertz CT molecular complexity index is 2130. The topological polar surface area (TPSA) is 317 Å². The number of nitrogens with zero attached hydrogens (tertiary/aromatic N) is 2. The Morgan fingerprint density at radius 3 is 1.93 bits per heavy atom. The SMILES string of the molecule is CCCCOC(=O)C(C)(CC(C)(CCC)C(=O)O)CC(C)(CBC(C)(CC(C)(CBC(C)(CC)C(=O)OCCOCCO[C@@H]1O[C@H](CO)[C@H](O)[C@H](O)[C@H]1O)C(=O)NCC(C)O)C(=O)OCCSSc1ccccn1)C(=O)OCCN(C)C. The fourth-order valence-corrected chi connectivity index (χ4v) is 11.8. The number of unbranched alkanes of at least 4 members (excludes halogenated alkanes) is 1. The van der Waals surface area contributed by atoms with E-state index in [1.807, 2.05) is 45.0 Å². The summed E-state index contributed by atoms with van der Waals surface area (Å²) >= 11 is 0. The normalized spacial score (nSPS) is 22.0. The van der Waals surface area contributed by atoms with E-state index in [4.69, 9.17) is 33.2 Å². The highest BCUT2D eigenvalue weighted by Gasteiger charge is 2.54. The van der Waals surface area contributed by atoms with Crippen LogP contribution < -0.4 is 5.32 Å². The number of hydrogen-bond acceptors (Lipinski definition) is 22. The quantitative estimate of drug-likeness (QED) is 0.0158. The Kier molecular flexibility index (Phi) is 32.5. The van der Waals surface area contributed by atoms with Crippen LogP contribution in [0.4, 0.5) is 0 Å². The van der Waals surface area contributed by atoms with Crippen LogP contribution in [0.1, 0.15) is 121 Å². The molecule has 468 valence electrons. The smallest absolute Gasteiger partial charge is 0.311 e. The van der Waals surface area contributed by atoms with E-state index < -0.39 is 111 Å². The van der Waals surface area contributed by atoms with Gasteiger partial charge in [-0.25, -0.2) is 4.98 Å². The van der Waals surface area contributed by atoms with Crippen LogP contribution in [0.25, 0.3) is 0 Å². The molecule has 1 aliphatic heterocycles. The average molecular weight is 1200 g/mol. The van der Waals surface area contributed by atoms with Crippen molar-refractivity contribution in [2.45, 2.75) is 186 Å². The Balaban J connectivity index is 2.59. The van der Waals surface area contributed by atoms with E-state index in [0.717, 1.165) is 11.4 Å². The molecule has 22 nitrogen and oxygen atoms in total. The van der Waals surface area contributed by atoms with Crippen LogP contribution in [0, 0.1) is 21.7 Å². The van der Waals surface area contributed by atoms with Crippen molar-refractivity contribution in [3.63, 3.8) is 0 Å². The summed E-state index contributed by atoms with van der Waals surface area (Å²) in [6.45, 7) is 16.3. The molecule has 2 heterocycles. The third-order valence-electron chi connectivity index (χ3n) is 15.5. The van der Waals surface area contributed by atoms with Gasteiger partial charge < -0.3 is 74.0 Å². The highest BCUT2D eigenvalue weighted by atomic mass is 33.1. The number of pyridine rings is 1. The summed E-state index contributed by atoms with van der Waals surface area (Å²) in [5.74, 6) is -3.84. The second kappa shape index (κ2) is 35.8. The summed E-state index contributed by atoms with van der Waals surface area (Å²) in [6.07, 6.45) is -4.78. The number of carbonyl (C=O) groups excluding carboxylic acids is 5. The largest absolute Gasteiger partial charge is 0.481 e. The van der Waals surface area contributed by atoms with E-state index in [1.54, 1.807) is 60.7 Å². The van der Waals surface area contributed by atoms with Gasteiger partial charge >= 0.3 is 29.8 Å². The minimum Gasteiger partial charge on any atom is -0.481 e. The predicted molar refractivity (Wildman–Crippen MR) is 315 cm³/mol. The number of carboxylic acids is 1. The zero-order chi connectivity index (χ0) is 62.0. The van der Waals surface area contributed by atoms with Gasteiger partial charge in [-0.1, -0.05) is 83.9 Å². The molecular weight excluding hydrogens is 1100 g/mol. The van der Waals surface area contributed by atoms with Gasteiger partial charge in [0.25, 0.3) is 0 Å². The number of hydrogen-bond donors (Lipinski definition) is 7. The molecule has 1 aromatic heterocycles. The molecule has 7 unspecified atom stereocenters. The van der Waals surface area contributed by atoms with Gasteiger partial charge in [-0.2, -0.15) is 0 Å². The monoisotopic (exact) mass is 1200 g/mol. The van der Waals surface area contributed by atoms with Crippen LogP contribution in [0.5, 0.6) is 0 Å². The number of carbonyl (C=O) groups is 6. The van der Waals surface area contributed by atoms with E-state index >= 15 is 0 Å². The maximum atomic E-state index is 15.0. The zero-order valence-electron chi connectivity index (χ0n) is 50.7. The summed E-state index contributed by atoms with van der Waals surface area (Å²) in [5.41, 5.74) is -5.93. The molecule has 1 aliphatic rings. The summed E-state index contributed by atoms with van der Waals surface area (Å²) in [4.78, 5) is 92.0. The van der Waals surface area contributed by atoms with Crippen molar-refractivity contribution < 1.29 is 92.6 Å². The number of carboxylic acid groups (broad SMARTS) is 1. The number of aliphatic hydroxyl groups is 5. The molecule has 1 saturated heterocycles. The molecule has 0 bridgehead atoms. The molecule has 0 aromatic carbocycles. The highest BCUT2D eigenvalue weighted by Crippen LogP contribution is 2.51. The minimum absolute atomic E-state index is 0.00802. The van der Waals surface area contributed by atoms with Gasteiger partial charge in [-0.05, 0) is 103 Å². The standard InChI is InChI=1S/C56H97B2N3O19S2/c1-13-16-23-76-47(70)52(6,33-51(5,20-14-2)46(68)69)34-54(8,48(71)77-24-22-61(11)12)37-58-56(10,50(73)79-29-30-81-82-40-19-17-18-21-59-40)35-53(7,45(67)60-31-38(4)63)36-57-55(9,15-3)49(72)78-28-26-74-25-27-75-44-43(66)42(65)41(64)39(32-62)80-44/h17-19,21,38-39,41-44,57-58,62-66H,13-16,20,22-37H2,1-12H3,(H,60,67)(H,68,69)/t38?,39-,41+,42+,43-,44-,51?,52?,53?,54?,55?,56?/m1/s1. The molecule has 0 radical (unpaired) electrons. The van der Waals surface area contributed by atoms with Crippen molar-refractivity contribution in [3.8, 4) is 0 Å². The second-order valence-electron chi connectivity index (χ2n) is 23.8. The van der Waals surface area contributed by atoms with Crippen LogP contribution in [-0.4, -0.2) is 213 Å². The second-order valence-corrected chi connectivity index (χ2v) is 26.3. The number of likely N-dealkylation sites (N-methyl/N-ethyl adjacent to an activating group) is 1. The van der Waals surface area contributed by atoms with Crippen LogP contribution >= 0.6 is 21.6 Å². The van der Waals surface area contributed by atoms with Crippen molar-refractivity contribution in [1.29, 1.82) is 0 Å². The Morgan fingerprint density at radius 1 is 0.732 bits per heavy atom. The zero-order valence-corrected chi connectivity index (χ0v) is 52.4. The molecule has 12 atom stereocenters. The molecule has 82 heavy (non-hydrogen) atoms. The van der Waals surface area contributed by atoms with Gasteiger partial charge in [0, 0.05) is 41.1 Å². The Morgan fingerprint density at radius 2 is 1.33 bits per heavy atom. The molecule has 7 N–H and O–H groups in total. The number of ether oxygens (including phenoxy) is 7. The van der Waals surface area contributed by atoms with Gasteiger partial charge in [0.05, 0.1) is 55.4 Å². The molecule has 1 amide bonds. The molecule has 0 spiro atoms. The number of esters is 4. The first-order chi connectivity index (χ1) is 38.4. The molecule has 0 aliphatic carbocycles. The third kappa shape index (κ3) is 23.7. The van der Waals surface area contributed by atoms with Crippen LogP contribution in [0.3, 0.4) is 0 Å². The lowest BCUT2D eigenvalue weighted by Gasteiger charge is -2.42. The first-order valence-electron chi connectivity index (χ1n) is 28.7. The molecule has 26 heteroatoms. The fourth-order valence-electron chi connectivity index (χ4n) is 10.1. The van der Waals surface area contributed by atoms with E-state index in [1.165, 1.54) is 28.5 Å². The number of aromatic nitrogens is 1. The van der Waals surface area contributed by atoms with Gasteiger partial charge in [-0.15, -0.1) is 0 Å². The maximum absolute atomic E-state index is 15.0. The van der Waals surface area contributed by atoms with Crippen molar-refractivity contribution in [3.05, 3.63) is 24.4 Å². The average Bonchev–Trinajstić information content (AvgIpc) is 3.62. The predicted octanol–water partition coefficient (Wildman–Crippen LogP) is 4.24. The number of nitrogens with one attached hydrogen (secondary N) is 1. The number of amides is 1. The van der Waals surface area contributed by atoms with Crippen molar-refractivity contribution in [1.82, 2.24) is 15.2 Å². The summed E-state index contributed by atoms with van der Waals surface area (Å²) in [6, 6.07) is 5.51. The molecular formula is C56H97B2N3O19S2. The lowest BCUT2D eigenvalue weighted by atomic mass is 9.40. The van der Waals surface area contributed by atoms with Gasteiger partial charge in [0.15, 0.2) is 6.29 Å². The molecule has 2 rings (SSSR count). The lowest BCUT2D eigenvalue weighted by molar-refractivity contribution is -0.302. The fraction of sp³-hybridized carbons (Fsp3) is 0.804. The maximum Gasteiger partial charge on any atom is 0.311 e. The van der Waals surface area contributed by atoms with Crippen molar-refractivity contribution >= 4 is 71.9 Å². The number of rotatable bonds is 42. The number of aliphatic hydroxyl groups excluding tert-OH is 5. The van der Waals surface area contributed by atoms with Gasteiger partial charge in [0.1, 0.15) is 63.8 Å². The van der Waals surface area contributed by atoms with E-state index in [0.29, 0.717) is 25.1 Å². The van der Waals surface area contributed by atoms with Crippen molar-refractivity contribution in [2.75, 3.05) is 85.8 Å². The van der Waals surface area contributed by atoms with Gasteiger partial charge in [-0.3, -0.25) is 28.8 Å². The summed E-state index contributed by atoms with van der Waals surface area (Å²) in [5, 5.41) is 61.6. The first kappa shape index (κ1) is 74.5. The summed E-state index contributed by atoms with van der Waals surface area (Å²) < 4.78 is 40.0. The van der Waals surface area contributed by atoms with Crippen LogP contribution in [0.15, 0.2) is 29.4 Å². The van der Waals surface area contributed by atoms with Gasteiger partial charge in [0.2, 0.25) is 5.91 Å². The van der Waals surface area contributed by atoms with Crippen LogP contribution in [-0.2, 0) is 61.9 Å². The van der Waals surface area contributed by atoms with E-state index in [-0.39, 0.29) is 112 Å². The van der Waals surface area contributed by atoms with E-state index in [9.17, 15) is 59.4 Å².